The zero-order valence-corrected chi connectivity index (χ0v) is 45.4. The van der Waals surface area contributed by atoms with Crippen LogP contribution < -0.4 is 16.0 Å². The quantitative estimate of drug-likeness (QED) is 0.0939. The molecule has 0 saturated carbocycles. The van der Waals surface area contributed by atoms with E-state index in [9.17, 15) is 14.4 Å². The molecule has 0 atom stereocenters. The van der Waals surface area contributed by atoms with Gasteiger partial charge in [-0.05, 0) is 108 Å². The van der Waals surface area contributed by atoms with Gasteiger partial charge >= 0.3 is 0 Å². The van der Waals surface area contributed by atoms with Crippen molar-refractivity contribution < 1.29 is 32.4 Å². The van der Waals surface area contributed by atoms with E-state index < -0.39 is 0 Å². The third-order valence-corrected chi connectivity index (χ3v) is 15.1. The number of anilines is 3. The maximum Gasteiger partial charge on any atom is 0.293 e. The minimum Gasteiger partial charge on any atom is -0.456 e. The van der Waals surface area contributed by atoms with E-state index in [0.29, 0.717) is 44.2 Å². The minimum atomic E-state index is -0.291. The summed E-state index contributed by atoms with van der Waals surface area (Å²) in [5.41, 5.74) is 6.69. The van der Waals surface area contributed by atoms with Crippen molar-refractivity contribution in [2.45, 2.75) is 73.9 Å². The Kier molecular flexibility index (Phi) is 19.7. The van der Waals surface area contributed by atoms with Crippen molar-refractivity contribution in [2.24, 2.45) is 0 Å². The molecule has 9 aromatic rings. The Labute approximate surface area is 461 Å². The maximum absolute atomic E-state index is 12.5. The Morgan fingerprint density at radius 2 is 0.961 bits per heavy atom. The first-order valence-electron chi connectivity index (χ1n) is 25.2. The van der Waals surface area contributed by atoms with Gasteiger partial charge in [-0.1, -0.05) is 91.2 Å². The molecule has 0 spiro atoms. The summed E-state index contributed by atoms with van der Waals surface area (Å²) in [6, 6.07) is 34.9. The van der Waals surface area contributed by atoms with Gasteiger partial charge in [0.2, 0.25) is 0 Å². The van der Waals surface area contributed by atoms with Crippen LogP contribution in [0, 0.1) is 27.7 Å². The van der Waals surface area contributed by atoms with E-state index in [1.165, 1.54) is 69.3 Å². The number of furan rings is 3. The monoisotopic (exact) mass is 1090 g/mol. The molecule has 0 bridgehead atoms. The number of ether oxygens (including phenoxy) is 1. The molecule has 3 N–H and O–H groups in total. The minimum absolute atomic E-state index is 0. The van der Waals surface area contributed by atoms with Crippen molar-refractivity contribution in [3.8, 4) is 22.6 Å². The molecule has 2 aliphatic rings. The van der Waals surface area contributed by atoms with Crippen LogP contribution in [0.3, 0.4) is 0 Å². The lowest BCUT2D eigenvalue weighted by atomic mass is 10.1. The molecule has 77 heavy (non-hydrogen) atoms. The summed E-state index contributed by atoms with van der Waals surface area (Å²) in [4.78, 5) is 58.0. The molecule has 15 nitrogen and oxygen atoms in total. The zero-order chi connectivity index (χ0) is 52.8. The number of carbonyl (C=O) groups excluding carboxylic acids is 3. The van der Waals surface area contributed by atoms with Crippen molar-refractivity contribution in [2.75, 3.05) is 55.3 Å². The Bertz CT molecular complexity index is 3190. The third kappa shape index (κ3) is 16.3. The third-order valence-electron chi connectivity index (χ3n) is 12.4. The van der Waals surface area contributed by atoms with Crippen LogP contribution in [0.1, 0.15) is 101 Å². The molecular formula is C59H64N8O7S3. The molecule has 11 rings (SSSR count). The highest BCUT2D eigenvalue weighted by atomic mass is 32.1. The summed E-state index contributed by atoms with van der Waals surface area (Å²) in [6.07, 6.45) is 10.1. The fourth-order valence-corrected chi connectivity index (χ4v) is 10.9. The van der Waals surface area contributed by atoms with Crippen molar-refractivity contribution in [1.82, 2.24) is 24.8 Å². The second-order valence-corrected chi connectivity index (χ2v) is 22.0. The molecule has 0 unspecified atom stereocenters. The van der Waals surface area contributed by atoms with Gasteiger partial charge in [0.25, 0.3) is 17.7 Å². The highest BCUT2D eigenvalue weighted by Crippen LogP contribution is 2.28. The number of morpholine rings is 1. The second-order valence-electron chi connectivity index (χ2n) is 18.6. The van der Waals surface area contributed by atoms with E-state index in [0.717, 1.165) is 90.9 Å². The predicted molar refractivity (Wildman–Crippen MR) is 307 cm³/mol. The van der Waals surface area contributed by atoms with Crippen molar-refractivity contribution in [1.29, 1.82) is 0 Å². The topological polar surface area (TPSA) is 181 Å². The number of aryl methyl sites for hydroxylation is 4. The molecular weight excluding hydrogens is 1030 g/mol. The van der Waals surface area contributed by atoms with E-state index in [1.807, 2.05) is 86.9 Å². The number of carbonyl (C=O) groups is 3. The van der Waals surface area contributed by atoms with E-state index in [2.05, 4.69) is 71.9 Å². The summed E-state index contributed by atoms with van der Waals surface area (Å²) in [5.74, 6) is 2.11. The zero-order valence-electron chi connectivity index (χ0n) is 42.9. The summed E-state index contributed by atoms with van der Waals surface area (Å²) < 4.78 is 22.1. The molecule has 18 heteroatoms. The van der Waals surface area contributed by atoms with Gasteiger partial charge in [-0.2, -0.15) is 0 Å². The molecule has 8 heterocycles. The van der Waals surface area contributed by atoms with Crippen LogP contribution in [0.2, 0.25) is 0 Å². The first kappa shape index (κ1) is 55.9. The summed E-state index contributed by atoms with van der Waals surface area (Å²) in [6.45, 7) is 15.3. The summed E-state index contributed by atoms with van der Waals surface area (Å²) >= 11 is 4.49. The number of hydrogen-bond acceptors (Lipinski definition) is 15. The standard InChI is InChI=1S/C21H23N3O2S.C20H21N3O3S.C17H16N2O2S.CH4/c1-15-6-5-7-16(12-15)18-8-9-19(26-18)20(25)23-21-22-13-17(27-21)14-24-10-3-2-4-11-24;1-14-3-2-4-15(11-14)17-5-6-18(26-17)19(24)22-20-21-12-16(27-20)13-23-7-9-25-10-8-23;1-11-3-6-13(7-4-11)9-14-10-18-17(22-14)19-16(20)15-8-5-12(2)21-15;/h5-9,12-13H,2-4,10-11,14H2,1H3,(H,22,23,25);2-6,11-12H,7-10,13H2,1H3,(H,21,22,24);3-8,10H,9H2,1-2H3,(H,18,19,20);1H4. The molecule has 3 amide bonds. The van der Waals surface area contributed by atoms with Crippen molar-refractivity contribution in [3.05, 3.63) is 188 Å². The van der Waals surface area contributed by atoms with E-state index in [4.69, 9.17) is 18.0 Å². The van der Waals surface area contributed by atoms with Crippen molar-refractivity contribution >= 4 is 67.1 Å². The molecule has 2 saturated heterocycles. The fourth-order valence-electron chi connectivity index (χ4n) is 8.41. The highest BCUT2D eigenvalue weighted by molar-refractivity contribution is 7.16. The number of aromatic nitrogens is 3. The normalized spacial score (nSPS) is 13.6. The molecule has 3 aromatic carbocycles. The van der Waals surface area contributed by atoms with Crippen LogP contribution in [0.25, 0.3) is 22.6 Å². The first-order valence-corrected chi connectivity index (χ1v) is 27.7. The number of rotatable bonds is 14. The SMILES string of the molecule is C.Cc1ccc(Cc2cnc(NC(=O)c3ccc(C)o3)s2)cc1.Cc1cccc(-c2ccc(C(=O)Nc3ncc(CN4CCCCC4)s3)o2)c1.Cc1cccc(-c2ccc(C(=O)Nc3ncc(CN4CCOCC4)s3)o2)c1. The fraction of sp³-hybridized carbons (Fsp3) is 0.288. The van der Waals surface area contributed by atoms with Crippen LogP contribution in [0.5, 0.6) is 0 Å². The Balaban J connectivity index is 0.000000153. The molecule has 2 aliphatic heterocycles. The Morgan fingerprint density at radius 3 is 1.44 bits per heavy atom. The summed E-state index contributed by atoms with van der Waals surface area (Å²) in [7, 11) is 0. The lowest BCUT2D eigenvalue weighted by Crippen LogP contribution is -2.35. The van der Waals surface area contributed by atoms with Crippen LogP contribution in [-0.2, 0) is 24.2 Å². The van der Waals surface area contributed by atoms with E-state index in [1.54, 1.807) is 37.4 Å². The number of likely N-dealkylation sites (tertiary alicyclic amines) is 1. The lowest BCUT2D eigenvalue weighted by Gasteiger charge is -2.25. The molecule has 400 valence electrons. The number of nitrogens with one attached hydrogen (secondary N) is 3. The van der Waals surface area contributed by atoms with Crippen LogP contribution in [0.4, 0.5) is 15.4 Å². The number of hydrogen-bond donors (Lipinski definition) is 3. The second kappa shape index (κ2) is 27.1. The van der Waals surface area contributed by atoms with Gasteiger partial charge in [0.1, 0.15) is 17.3 Å². The van der Waals surface area contributed by atoms with E-state index >= 15 is 0 Å². The van der Waals surface area contributed by atoms with Gasteiger partial charge in [0, 0.05) is 76.9 Å². The largest absolute Gasteiger partial charge is 0.456 e. The molecule has 0 aliphatic carbocycles. The Hall–Kier alpha value is -7.32. The van der Waals surface area contributed by atoms with Crippen LogP contribution >= 0.6 is 34.0 Å². The van der Waals surface area contributed by atoms with Crippen LogP contribution in [0.15, 0.2) is 141 Å². The summed E-state index contributed by atoms with van der Waals surface area (Å²) in [5, 5.41) is 10.2. The average Bonchev–Trinajstić information content (AvgIpc) is 4.31. The van der Waals surface area contributed by atoms with Crippen LogP contribution in [-0.4, -0.2) is 81.9 Å². The number of thiazole rings is 3. The predicted octanol–water partition coefficient (Wildman–Crippen LogP) is 13.6. The number of piperidine rings is 1. The first-order chi connectivity index (χ1) is 36.9. The maximum atomic E-state index is 12.5. The van der Waals surface area contributed by atoms with Gasteiger partial charge < -0.3 is 18.0 Å². The lowest BCUT2D eigenvalue weighted by molar-refractivity contribution is 0.0346. The van der Waals surface area contributed by atoms with Gasteiger partial charge in [-0.25, -0.2) is 15.0 Å². The van der Waals surface area contributed by atoms with Gasteiger partial charge in [-0.15, -0.1) is 34.0 Å². The highest BCUT2D eigenvalue weighted by Gasteiger charge is 2.19. The molecule has 2 fully saturated rings. The van der Waals surface area contributed by atoms with Gasteiger partial charge in [-0.3, -0.25) is 40.1 Å². The smallest absolute Gasteiger partial charge is 0.293 e. The van der Waals surface area contributed by atoms with E-state index in [-0.39, 0.29) is 30.9 Å². The Morgan fingerprint density at radius 1 is 0.506 bits per heavy atom. The number of nitrogens with zero attached hydrogens (tertiary/aromatic N) is 5. The number of benzene rings is 3. The van der Waals surface area contributed by atoms with Gasteiger partial charge in [0.15, 0.2) is 32.7 Å². The number of amides is 3. The van der Waals surface area contributed by atoms with Crippen molar-refractivity contribution in [3.63, 3.8) is 0 Å². The average molecular weight is 1090 g/mol. The van der Waals surface area contributed by atoms with Gasteiger partial charge in [0.05, 0.1) is 13.2 Å². The molecule has 6 aromatic heterocycles. The molecule has 0 radical (unpaired) electrons.